The van der Waals surface area contributed by atoms with Crippen molar-refractivity contribution in [3.63, 3.8) is 0 Å². The summed E-state index contributed by atoms with van der Waals surface area (Å²) in [6.07, 6.45) is 3.78. The second-order valence-corrected chi connectivity index (χ2v) is 6.50. The van der Waals surface area contributed by atoms with Gasteiger partial charge < -0.3 is 10.6 Å². The average Bonchev–Trinajstić information content (AvgIpc) is 3.18. The van der Waals surface area contributed by atoms with E-state index in [2.05, 4.69) is 78.1 Å². The van der Waals surface area contributed by atoms with E-state index in [9.17, 15) is 0 Å². The van der Waals surface area contributed by atoms with Gasteiger partial charge in [0.15, 0.2) is 5.96 Å². The van der Waals surface area contributed by atoms with Crippen LogP contribution in [0.4, 0.5) is 0 Å². The highest BCUT2D eigenvalue weighted by molar-refractivity contribution is 14.0. The van der Waals surface area contributed by atoms with Crippen LogP contribution in [-0.4, -0.2) is 22.3 Å². The molecule has 5 nitrogen and oxygen atoms in total. The molecule has 3 aromatic rings. The Labute approximate surface area is 184 Å². The summed E-state index contributed by atoms with van der Waals surface area (Å²) in [4.78, 5) is 4.74. The lowest BCUT2D eigenvalue weighted by molar-refractivity contribution is 0.686. The van der Waals surface area contributed by atoms with Crippen LogP contribution in [-0.2, 0) is 19.6 Å². The molecule has 0 saturated heterocycles. The maximum absolute atomic E-state index is 4.74. The number of hydrogen-bond donors (Lipinski definition) is 2. The van der Waals surface area contributed by atoms with Crippen molar-refractivity contribution in [2.24, 2.45) is 4.99 Å². The molecule has 0 unspecified atom stereocenters. The quantitative estimate of drug-likeness (QED) is 0.299. The molecule has 0 amide bonds. The van der Waals surface area contributed by atoms with Gasteiger partial charge >= 0.3 is 0 Å². The minimum absolute atomic E-state index is 0. The van der Waals surface area contributed by atoms with Crippen LogP contribution in [0, 0.1) is 6.92 Å². The second kappa shape index (κ2) is 11.5. The number of nitrogens with zero attached hydrogens (tertiary/aromatic N) is 3. The van der Waals surface area contributed by atoms with Crippen LogP contribution >= 0.6 is 24.0 Å². The average molecular weight is 489 g/mol. The topological polar surface area (TPSA) is 54.2 Å². The van der Waals surface area contributed by atoms with Crippen molar-refractivity contribution in [1.82, 2.24) is 20.4 Å². The Kier molecular flexibility index (Phi) is 9.00. The summed E-state index contributed by atoms with van der Waals surface area (Å²) in [5, 5.41) is 11.0. The number of aryl methyl sites for hydroxylation is 1. The molecule has 0 aliphatic carbocycles. The normalized spacial score (nSPS) is 11.0. The summed E-state index contributed by atoms with van der Waals surface area (Å²) >= 11 is 0. The molecule has 0 saturated carbocycles. The van der Waals surface area contributed by atoms with E-state index in [1.54, 1.807) is 6.20 Å². The van der Waals surface area contributed by atoms with Gasteiger partial charge in [-0.1, -0.05) is 48.5 Å². The van der Waals surface area contributed by atoms with Gasteiger partial charge in [0.2, 0.25) is 0 Å². The monoisotopic (exact) mass is 489 g/mol. The molecule has 0 aliphatic heterocycles. The van der Waals surface area contributed by atoms with E-state index >= 15 is 0 Å². The van der Waals surface area contributed by atoms with Gasteiger partial charge in [0.1, 0.15) is 0 Å². The predicted octanol–water partition coefficient (Wildman–Crippen LogP) is 4.11. The van der Waals surface area contributed by atoms with Gasteiger partial charge in [-0.15, -0.1) is 24.0 Å². The second-order valence-electron chi connectivity index (χ2n) is 6.50. The summed E-state index contributed by atoms with van der Waals surface area (Å²) in [5.74, 6) is 0.832. The maximum atomic E-state index is 4.74. The van der Waals surface area contributed by atoms with Gasteiger partial charge in [-0.05, 0) is 42.2 Å². The molecule has 28 heavy (non-hydrogen) atoms. The van der Waals surface area contributed by atoms with Crippen molar-refractivity contribution in [3.05, 3.63) is 89.2 Å². The van der Waals surface area contributed by atoms with Crippen LogP contribution in [0.3, 0.4) is 0 Å². The number of halogens is 1. The SMILES string of the molecule is CCNC(=NCc1cccc(Cn2cccn2)c1)NCc1ccccc1C.I. The number of benzene rings is 2. The third kappa shape index (κ3) is 6.67. The fraction of sp³-hybridized carbons (Fsp3) is 0.273. The van der Waals surface area contributed by atoms with E-state index in [0.29, 0.717) is 6.54 Å². The van der Waals surface area contributed by atoms with Gasteiger partial charge in [-0.25, -0.2) is 4.99 Å². The Morgan fingerprint density at radius 1 is 1.04 bits per heavy atom. The molecule has 0 spiro atoms. The Morgan fingerprint density at radius 3 is 2.61 bits per heavy atom. The zero-order valence-corrected chi connectivity index (χ0v) is 18.8. The van der Waals surface area contributed by atoms with Gasteiger partial charge in [0, 0.05) is 25.5 Å². The molecule has 2 N–H and O–H groups in total. The number of nitrogens with one attached hydrogen (secondary N) is 2. The molecule has 0 aliphatic rings. The minimum atomic E-state index is 0. The first kappa shape index (κ1) is 21.9. The third-order valence-electron chi connectivity index (χ3n) is 4.37. The lowest BCUT2D eigenvalue weighted by Gasteiger charge is -2.13. The first-order chi connectivity index (χ1) is 13.2. The van der Waals surface area contributed by atoms with Crippen LogP contribution in [0.15, 0.2) is 72.0 Å². The number of aromatic nitrogens is 2. The van der Waals surface area contributed by atoms with Gasteiger partial charge in [-0.3, -0.25) is 4.68 Å². The zero-order valence-electron chi connectivity index (χ0n) is 16.4. The Balaban J connectivity index is 0.00000280. The van der Waals surface area contributed by atoms with Crippen molar-refractivity contribution in [1.29, 1.82) is 0 Å². The smallest absolute Gasteiger partial charge is 0.191 e. The standard InChI is InChI=1S/C22H27N5.HI/c1-3-23-22(25-16-21-11-5-4-8-18(21)2)24-15-19-9-6-10-20(14-19)17-27-13-7-12-26-27;/h4-14H,3,15-17H2,1-2H3,(H2,23,24,25);1H. The number of rotatable bonds is 7. The molecule has 148 valence electrons. The maximum Gasteiger partial charge on any atom is 0.191 e. The van der Waals surface area contributed by atoms with E-state index in [0.717, 1.165) is 25.6 Å². The zero-order chi connectivity index (χ0) is 18.9. The molecule has 6 heteroatoms. The molecule has 3 rings (SSSR count). The van der Waals surface area contributed by atoms with Crippen LogP contribution in [0.25, 0.3) is 0 Å². The van der Waals surface area contributed by atoms with Gasteiger partial charge in [0.25, 0.3) is 0 Å². The summed E-state index contributed by atoms with van der Waals surface area (Å²) in [5.41, 5.74) is 4.98. The van der Waals surface area contributed by atoms with Crippen molar-refractivity contribution in [3.8, 4) is 0 Å². The van der Waals surface area contributed by atoms with Crippen LogP contribution in [0.1, 0.15) is 29.2 Å². The van der Waals surface area contributed by atoms with E-state index < -0.39 is 0 Å². The molecular weight excluding hydrogens is 461 g/mol. The fourth-order valence-corrected chi connectivity index (χ4v) is 2.91. The molecule has 2 aromatic carbocycles. The Bertz CT molecular complexity index is 874. The lowest BCUT2D eigenvalue weighted by Crippen LogP contribution is -2.36. The summed E-state index contributed by atoms with van der Waals surface area (Å²) in [6.45, 7) is 7.21. The molecule has 0 bridgehead atoms. The predicted molar refractivity (Wildman–Crippen MR) is 126 cm³/mol. The van der Waals surface area contributed by atoms with Crippen molar-refractivity contribution in [2.45, 2.75) is 33.5 Å². The molecule has 1 aromatic heterocycles. The molecule has 0 atom stereocenters. The molecular formula is C22H28IN5. The summed E-state index contributed by atoms with van der Waals surface area (Å²) in [7, 11) is 0. The van der Waals surface area contributed by atoms with Crippen LogP contribution < -0.4 is 10.6 Å². The van der Waals surface area contributed by atoms with Crippen molar-refractivity contribution in [2.75, 3.05) is 6.54 Å². The van der Waals surface area contributed by atoms with Crippen molar-refractivity contribution >= 4 is 29.9 Å². The van der Waals surface area contributed by atoms with Gasteiger partial charge in [-0.2, -0.15) is 5.10 Å². The first-order valence-corrected chi connectivity index (χ1v) is 9.36. The van der Waals surface area contributed by atoms with Gasteiger partial charge in [0.05, 0.1) is 13.1 Å². The molecule has 0 radical (unpaired) electrons. The van der Waals surface area contributed by atoms with Crippen LogP contribution in [0.5, 0.6) is 0 Å². The largest absolute Gasteiger partial charge is 0.357 e. The Morgan fingerprint density at radius 2 is 1.86 bits per heavy atom. The highest BCUT2D eigenvalue weighted by Crippen LogP contribution is 2.09. The summed E-state index contributed by atoms with van der Waals surface area (Å²) in [6, 6.07) is 18.9. The highest BCUT2D eigenvalue weighted by Gasteiger charge is 2.02. The number of guanidine groups is 1. The van der Waals surface area contributed by atoms with Crippen molar-refractivity contribution < 1.29 is 0 Å². The fourth-order valence-electron chi connectivity index (χ4n) is 2.91. The minimum Gasteiger partial charge on any atom is -0.357 e. The van der Waals surface area contributed by atoms with E-state index in [1.807, 2.05) is 16.9 Å². The van der Waals surface area contributed by atoms with E-state index in [1.165, 1.54) is 22.3 Å². The van der Waals surface area contributed by atoms with Crippen LogP contribution in [0.2, 0.25) is 0 Å². The number of hydrogen-bond acceptors (Lipinski definition) is 2. The molecule has 1 heterocycles. The number of aliphatic imine (C=N–C) groups is 1. The first-order valence-electron chi connectivity index (χ1n) is 9.36. The Hall–Kier alpha value is -2.35. The molecule has 0 fully saturated rings. The van der Waals surface area contributed by atoms with E-state index in [-0.39, 0.29) is 24.0 Å². The summed E-state index contributed by atoms with van der Waals surface area (Å²) < 4.78 is 1.93. The lowest BCUT2D eigenvalue weighted by atomic mass is 10.1. The highest BCUT2D eigenvalue weighted by atomic mass is 127. The van der Waals surface area contributed by atoms with E-state index in [4.69, 9.17) is 4.99 Å². The third-order valence-corrected chi connectivity index (χ3v) is 4.37.